The van der Waals surface area contributed by atoms with E-state index in [2.05, 4.69) is 0 Å². The lowest BCUT2D eigenvalue weighted by atomic mass is 10.1. The molecule has 126 valence electrons. The van der Waals surface area contributed by atoms with Gasteiger partial charge in [-0.25, -0.2) is 0 Å². The maximum Gasteiger partial charge on any atom is 0.619 e. The van der Waals surface area contributed by atoms with Crippen molar-refractivity contribution in [2.45, 2.75) is 12.5 Å². The van der Waals surface area contributed by atoms with Crippen molar-refractivity contribution >= 4 is 25.5 Å². The molecule has 0 amide bonds. The molecule has 0 radical (unpaired) electrons. The largest absolute Gasteiger partial charge is 0.619 e. The van der Waals surface area contributed by atoms with Gasteiger partial charge in [-0.3, -0.25) is 14.6 Å². The van der Waals surface area contributed by atoms with Gasteiger partial charge in [-0.15, -0.1) is 9.05 Å². The lowest BCUT2D eigenvalue weighted by Gasteiger charge is -2.25. The second-order valence-electron chi connectivity index (χ2n) is 5.08. The Morgan fingerprint density at radius 2 is 2.04 bits per heavy atom. The smallest absolute Gasteiger partial charge is 0.261 e. The van der Waals surface area contributed by atoms with E-state index >= 15 is 0 Å². The van der Waals surface area contributed by atoms with E-state index < -0.39 is 19.2 Å². The Hall–Kier alpha value is -1.76. The number of rotatable bonds is 4. The molecule has 1 fully saturated rings. The molecule has 0 aromatic heterocycles. The second kappa shape index (κ2) is 7.01. The minimum atomic E-state index is -3.57. The Morgan fingerprint density at radius 3 is 2.71 bits per heavy atom. The summed E-state index contributed by atoms with van der Waals surface area (Å²) < 4.78 is 16.3. The number of benzene rings is 2. The summed E-state index contributed by atoms with van der Waals surface area (Å²) in [5.74, 6) is 0.225. The summed E-state index contributed by atoms with van der Waals surface area (Å²) in [7, 11) is -3.57. The maximum atomic E-state index is 10.7. The normalized spacial score (nSPS) is 23.7. The monoisotopic (exact) mass is 370 g/mol. The zero-order chi connectivity index (χ0) is 17.2. The molecule has 1 N–H and O–H groups in total. The Bertz CT molecular complexity index is 743. The van der Waals surface area contributed by atoms with Crippen molar-refractivity contribution in [3.63, 3.8) is 0 Å². The van der Waals surface area contributed by atoms with E-state index in [1.165, 1.54) is 24.3 Å². The number of nitrogens with zero attached hydrogens (tertiary/aromatic N) is 1. The molecular formula is C15H14ClNO6P+. The number of hydrogen-bond donors (Lipinski definition) is 1. The van der Waals surface area contributed by atoms with Gasteiger partial charge in [0, 0.05) is 23.6 Å². The van der Waals surface area contributed by atoms with Gasteiger partial charge in [0.15, 0.2) is 5.75 Å². The third kappa shape index (κ3) is 4.01. The number of nitro groups is 1. The molecule has 2 aromatic rings. The quantitative estimate of drug-likeness (QED) is 0.485. The van der Waals surface area contributed by atoms with Crippen molar-refractivity contribution < 1.29 is 23.4 Å². The first-order chi connectivity index (χ1) is 11.5. The summed E-state index contributed by atoms with van der Waals surface area (Å²) >= 11 is 5.98. The molecule has 0 bridgehead atoms. The third-order valence-corrected chi connectivity index (χ3v) is 5.09. The van der Waals surface area contributed by atoms with Gasteiger partial charge >= 0.3 is 8.17 Å². The first kappa shape index (κ1) is 17.1. The molecule has 0 aliphatic carbocycles. The van der Waals surface area contributed by atoms with Crippen LogP contribution in [-0.2, 0) is 9.05 Å². The Morgan fingerprint density at radius 1 is 1.29 bits per heavy atom. The van der Waals surface area contributed by atoms with Crippen LogP contribution in [0.4, 0.5) is 5.69 Å². The molecule has 1 aliphatic rings. The highest BCUT2D eigenvalue weighted by molar-refractivity contribution is 7.55. The maximum absolute atomic E-state index is 10.7. The summed E-state index contributed by atoms with van der Waals surface area (Å²) in [6.07, 6.45) is 0.139. The van der Waals surface area contributed by atoms with Gasteiger partial charge in [0.25, 0.3) is 5.69 Å². The second-order valence-corrected chi connectivity index (χ2v) is 7.11. The molecule has 1 aliphatic heterocycles. The van der Waals surface area contributed by atoms with Crippen LogP contribution in [0, 0.1) is 10.1 Å². The Balaban J connectivity index is 1.73. The molecule has 3 rings (SSSR count). The molecule has 7 nitrogen and oxygen atoms in total. The van der Waals surface area contributed by atoms with Gasteiger partial charge < -0.3 is 0 Å². The highest BCUT2D eigenvalue weighted by atomic mass is 35.5. The molecule has 2 unspecified atom stereocenters. The first-order valence-electron chi connectivity index (χ1n) is 7.09. The molecule has 1 saturated heterocycles. The third-order valence-electron chi connectivity index (χ3n) is 3.38. The first-order valence-corrected chi connectivity index (χ1v) is 8.97. The van der Waals surface area contributed by atoms with Gasteiger partial charge in [0.1, 0.15) is 12.7 Å². The van der Waals surface area contributed by atoms with Crippen molar-refractivity contribution in [3.05, 3.63) is 69.2 Å². The molecule has 24 heavy (non-hydrogen) atoms. The van der Waals surface area contributed by atoms with E-state index in [1.54, 1.807) is 18.2 Å². The molecule has 0 saturated carbocycles. The van der Waals surface area contributed by atoms with Crippen LogP contribution >= 0.6 is 19.8 Å². The van der Waals surface area contributed by atoms with Crippen LogP contribution in [0.15, 0.2) is 48.5 Å². The molecule has 1 heterocycles. The molecule has 9 heteroatoms. The van der Waals surface area contributed by atoms with E-state index in [0.717, 1.165) is 5.56 Å². The van der Waals surface area contributed by atoms with E-state index in [0.29, 0.717) is 11.4 Å². The van der Waals surface area contributed by atoms with Gasteiger partial charge in [-0.1, -0.05) is 23.7 Å². The van der Waals surface area contributed by atoms with E-state index in [-0.39, 0.29) is 18.0 Å². The zero-order valence-electron chi connectivity index (χ0n) is 12.4. The summed E-state index contributed by atoms with van der Waals surface area (Å²) in [6, 6.07) is 12.5. The average Bonchev–Trinajstić information content (AvgIpc) is 2.55. The summed E-state index contributed by atoms with van der Waals surface area (Å²) in [5, 5.41) is 11.2. The molecule has 2 aromatic carbocycles. The Labute approximate surface area is 143 Å². The fourth-order valence-corrected chi connectivity index (χ4v) is 3.89. The lowest BCUT2D eigenvalue weighted by molar-refractivity contribution is -0.384. The van der Waals surface area contributed by atoms with E-state index in [9.17, 15) is 15.0 Å². The van der Waals surface area contributed by atoms with Crippen molar-refractivity contribution in [2.75, 3.05) is 6.61 Å². The number of hydrogen-bond acceptors (Lipinski definition) is 6. The van der Waals surface area contributed by atoms with Crippen LogP contribution in [-0.4, -0.2) is 16.4 Å². The fourth-order valence-electron chi connectivity index (χ4n) is 2.26. The SMILES string of the molecule is O=[N+]([O-])c1ccc(O[P+]2(O)OCCC(c3cccc(Cl)c3)O2)cc1. The number of halogens is 1. The van der Waals surface area contributed by atoms with Crippen LogP contribution in [0.25, 0.3) is 0 Å². The minimum absolute atomic E-state index is 0.0741. The Kier molecular flexibility index (Phi) is 4.99. The van der Waals surface area contributed by atoms with Gasteiger partial charge in [-0.2, -0.15) is 4.89 Å². The van der Waals surface area contributed by atoms with Crippen LogP contribution < -0.4 is 4.52 Å². The predicted octanol–water partition coefficient (Wildman–Crippen LogP) is 4.48. The van der Waals surface area contributed by atoms with Crippen LogP contribution in [0.1, 0.15) is 18.1 Å². The van der Waals surface area contributed by atoms with Gasteiger partial charge in [0.2, 0.25) is 0 Å². The van der Waals surface area contributed by atoms with Crippen LogP contribution in [0.5, 0.6) is 5.75 Å². The standard InChI is InChI=1S/C15H14ClNO6P/c16-12-3-1-2-11(10-12)15-8-9-21-24(20,23-15)22-14-6-4-13(5-7-14)17(18)19/h1-7,10,15,20H,8-9H2/q+1. The van der Waals surface area contributed by atoms with Crippen molar-refractivity contribution in [1.82, 2.24) is 0 Å². The summed E-state index contributed by atoms with van der Waals surface area (Å²) in [4.78, 5) is 20.6. The number of nitro benzene ring substituents is 1. The summed E-state index contributed by atoms with van der Waals surface area (Å²) in [5.41, 5.74) is 0.742. The molecule has 0 spiro atoms. The summed E-state index contributed by atoms with van der Waals surface area (Å²) in [6.45, 7) is 0.258. The van der Waals surface area contributed by atoms with E-state index in [1.807, 2.05) is 6.07 Å². The topological polar surface area (TPSA) is 91.1 Å². The molecular weight excluding hydrogens is 357 g/mol. The fraction of sp³-hybridized carbons (Fsp3) is 0.200. The predicted molar refractivity (Wildman–Crippen MR) is 88.7 cm³/mol. The molecule has 2 atom stereocenters. The van der Waals surface area contributed by atoms with Crippen LogP contribution in [0.3, 0.4) is 0 Å². The number of non-ortho nitro benzene ring substituents is 1. The lowest BCUT2D eigenvalue weighted by Crippen LogP contribution is -2.20. The van der Waals surface area contributed by atoms with Crippen molar-refractivity contribution in [3.8, 4) is 5.75 Å². The zero-order valence-corrected chi connectivity index (χ0v) is 14.0. The van der Waals surface area contributed by atoms with Gasteiger partial charge in [0.05, 0.1) is 4.92 Å². The highest BCUT2D eigenvalue weighted by Crippen LogP contribution is 2.63. The van der Waals surface area contributed by atoms with E-state index in [4.69, 9.17) is 25.2 Å². The van der Waals surface area contributed by atoms with Gasteiger partial charge in [-0.05, 0) is 29.8 Å². The highest BCUT2D eigenvalue weighted by Gasteiger charge is 2.52. The average molecular weight is 371 g/mol. The van der Waals surface area contributed by atoms with Crippen LogP contribution in [0.2, 0.25) is 5.02 Å². The van der Waals surface area contributed by atoms with Crippen molar-refractivity contribution in [1.29, 1.82) is 0 Å². The minimum Gasteiger partial charge on any atom is -0.261 e. The van der Waals surface area contributed by atoms with Crippen molar-refractivity contribution in [2.24, 2.45) is 0 Å².